The minimum Gasteiger partial charge on any atom is -0.497 e. The first-order valence-corrected chi connectivity index (χ1v) is 13.6. The number of benzene rings is 2. The van der Waals surface area contributed by atoms with Crippen molar-refractivity contribution in [2.24, 2.45) is 4.03 Å². The number of nitrogens with zero attached hydrogens (tertiary/aromatic N) is 2. The fourth-order valence-electron chi connectivity index (χ4n) is 2.27. The van der Waals surface area contributed by atoms with Crippen LogP contribution in [0, 0.1) is 11.3 Å². The second kappa shape index (κ2) is 8.48. The average molecular weight is 416 g/mol. The van der Waals surface area contributed by atoms with Gasteiger partial charge in [0.1, 0.15) is 15.7 Å². The van der Waals surface area contributed by atoms with Crippen molar-refractivity contribution in [3.05, 3.63) is 59.7 Å². The second-order valence-electron chi connectivity index (χ2n) is 8.23. The van der Waals surface area contributed by atoms with Gasteiger partial charge in [-0.05, 0) is 60.1 Å². The molecule has 0 aliphatic rings. The molecule has 0 bridgehead atoms. The normalized spacial score (nSPS) is 14.0. The third kappa shape index (κ3) is 5.22. The zero-order valence-corrected chi connectivity index (χ0v) is 19.3. The van der Waals surface area contributed by atoms with Crippen LogP contribution in [0.5, 0.6) is 5.75 Å². The van der Waals surface area contributed by atoms with Crippen LogP contribution >= 0.6 is 0 Å². The first-order valence-electron chi connectivity index (χ1n) is 9.17. The molecule has 5 nitrogen and oxygen atoms in total. The predicted molar refractivity (Wildman–Crippen MR) is 117 cm³/mol. The Morgan fingerprint density at radius 2 is 1.68 bits per heavy atom. The number of rotatable bonds is 6. The van der Waals surface area contributed by atoms with E-state index in [9.17, 15) is 4.21 Å². The van der Waals surface area contributed by atoms with E-state index in [0.29, 0.717) is 17.0 Å². The third-order valence-electron chi connectivity index (χ3n) is 5.13. The van der Waals surface area contributed by atoms with Crippen molar-refractivity contribution >= 4 is 18.2 Å². The van der Waals surface area contributed by atoms with Crippen molar-refractivity contribution in [3.63, 3.8) is 0 Å². The molecule has 1 atom stereocenters. The number of methoxy groups -OCH3 is 1. The molecule has 0 aliphatic heterocycles. The Bertz CT molecular complexity index is 963. The highest BCUT2D eigenvalue weighted by Gasteiger charge is 2.37. The van der Waals surface area contributed by atoms with E-state index in [4.69, 9.17) is 14.0 Å². The van der Waals surface area contributed by atoms with Gasteiger partial charge in [0.05, 0.1) is 23.6 Å². The summed E-state index contributed by atoms with van der Waals surface area (Å²) in [6.45, 7) is 11.1. The molecule has 150 valence electrons. The van der Waals surface area contributed by atoms with Gasteiger partial charge >= 0.3 is 0 Å². The number of ether oxygens (including phenoxy) is 1. The van der Waals surface area contributed by atoms with Gasteiger partial charge in [-0.1, -0.05) is 32.9 Å². The molecule has 0 fully saturated rings. The maximum atomic E-state index is 14.0. The molecule has 0 amide bonds. The van der Waals surface area contributed by atoms with Gasteiger partial charge in [0, 0.05) is 6.54 Å². The lowest BCUT2D eigenvalue weighted by Crippen LogP contribution is -2.38. The summed E-state index contributed by atoms with van der Waals surface area (Å²) in [5, 5.41) is 9.02. The van der Waals surface area contributed by atoms with Crippen LogP contribution in [0.25, 0.3) is 0 Å². The van der Waals surface area contributed by atoms with Crippen LogP contribution in [-0.4, -0.2) is 19.6 Å². The topological polar surface area (TPSA) is 74.5 Å². The molecule has 0 radical (unpaired) electrons. The SMILES string of the molecule is COc1ccc(CNS(=O)(=N[Si](C)(C)C(C)(C)C)c2ccc(C#N)cc2)cc1. The lowest BCUT2D eigenvalue weighted by Gasteiger charge is -2.33. The Labute approximate surface area is 170 Å². The molecule has 2 aromatic carbocycles. The summed E-state index contributed by atoms with van der Waals surface area (Å²) in [7, 11) is -3.42. The molecule has 0 aromatic heterocycles. The van der Waals surface area contributed by atoms with E-state index < -0.39 is 18.2 Å². The van der Waals surface area contributed by atoms with E-state index >= 15 is 0 Å². The minimum absolute atomic E-state index is 0.0377. The molecule has 0 aliphatic carbocycles. The van der Waals surface area contributed by atoms with Crippen LogP contribution < -0.4 is 9.46 Å². The Morgan fingerprint density at radius 3 is 2.14 bits per heavy atom. The Hall–Kier alpha value is -2.14. The molecule has 1 unspecified atom stereocenters. The van der Waals surface area contributed by atoms with Crippen LogP contribution in [0.3, 0.4) is 0 Å². The van der Waals surface area contributed by atoms with Gasteiger partial charge < -0.3 is 4.74 Å². The van der Waals surface area contributed by atoms with E-state index in [1.54, 1.807) is 31.4 Å². The quantitative estimate of drug-likeness (QED) is 0.667. The molecular formula is C21H29N3O2SSi. The van der Waals surface area contributed by atoms with Crippen molar-refractivity contribution in [2.75, 3.05) is 7.11 Å². The van der Waals surface area contributed by atoms with Crippen LogP contribution in [0.2, 0.25) is 18.1 Å². The smallest absolute Gasteiger partial charge is 0.195 e. The summed E-state index contributed by atoms with van der Waals surface area (Å²) in [4.78, 5) is 0.602. The van der Waals surface area contributed by atoms with Crippen LogP contribution in [0.15, 0.2) is 57.5 Å². The first kappa shape index (κ1) is 22.1. The molecule has 0 heterocycles. The Balaban J connectivity index is 2.45. The lowest BCUT2D eigenvalue weighted by molar-refractivity contribution is 0.414. The maximum absolute atomic E-state index is 14.0. The summed E-state index contributed by atoms with van der Waals surface area (Å²) < 4.78 is 27.3. The van der Waals surface area contributed by atoms with E-state index in [1.807, 2.05) is 24.3 Å². The van der Waals surface area contributed by atoms with Crippen molar-refractivity contribution in [3.8, 4) is 11.8 Å². The Morgan fingerprint density at radius 1 is 1.11 bits per heavy atom. The lowest BCUT2D eigenvalue weighted by atomic mass is 10.2. The van der Waals surface area contributed by atoms with Gasteiger partial charge in [-0.2, -0.15) is 5.26 Å². The molecule has 1 N–H and O–H groups in total. The monoisotopic (exact) mass is 415 g/mol. The standard InChI is InChI=1S/C21H29N3O2SSi/c1-21(2,3)28(5,6)24-27(25,20-13-9-17(15-22)10-14-20)23-16-18-7-11-19(26-4)12-8-18/h7-14H,16H2,1-6H3,(H,23,24,25). The van der Waals surface area contributed by atoms with Crippen molar-refractivity contribution in [2.45, 2.75) is 50.3 Å². The van der Waals surface area contributed by atoms with Crippen LogP contribution in [0.4, 0.5) is 0 Å². The summed E-state index contributed by atoms with van der Waals surface area (Å²) >= 11 is 0. The average Bonchev–Trinajstić information content (AvgIpc) is 2.65. The highest BCUT2D eigenvalue weighted by atomic mass is 32.2. The zero-order chi connectivity index (χ0) is 21.0. The van der Waals surface area contributed by atoms with Gasteiger partial charge in [0.25, 0.3) is 0 Å². The van der Waals surface area contributed by atoms with Crippen LogP contribution in [-0.2, 0) is 16.5 Å². The second-order valence-corrected chi connectivity index (χ2v) is 15.4. The summed E-state index contributed by atoms with van der Waals surface area (Å²) in [6, 6.07) is 16.6. The molecular weight excluding hydrogens is 386 g/mol. The molecule has 0 spiro atoms. The van der Waals surface area contributed by atoms with E-state index in [1.165, 1.54) is 0 Å². The van der Waals surface area contributed by atoms with Gasteiger partial charge in [0.15, 0.2) is 8.24 Å². The largest absolute Gasteiger partial charge is 0.497 e. The molecule has 28 heavy (non-hydrogen) atoms. The highest BCUT2D eigenvalue weighted by molar-refractivity contribution is 7.92. The van der Waals surface area contributed by atoms with Crippen molar-refractivity contribution in [1.29, 1.82) is 5.26 Å². The van der Waals surface area contributed by atoms with Gasteiger partial charge in [-0.3, -0.25) is 4.03 Å². The van der Waals surface area contributed by atoms with E-state index in [2.05, 4.69) is 44.7 Å². The number of nitrogens with one attached hydrogen (secondary N) is 1. The highest BCUT2D eigenvalue weighted by Crippen LogP contribution is 2.38. The van der Waals surface area contributed by atoms with Crippen molar-refractivity contribution in [1.82, 2.24) is 4.72 Å². The molecule has 2 rings (SSSR count). The maximum Gasteiger partial charge on any atom is 0.195 e. The fourth-order valence-corrected chi connectivity index (χ4v) is 7.65. The number of nitriles is 1. The van der Waals surface area contributed by atoms with Gasteiger partial charge in [-0.25, -0.2) is 8.93 Å². The summed E-state index contributed by atoms with van der Waals surface area (Å²) in [6.07, 6.45) is 0. The van der Waals surface area contributed by atoms with Gasteiger partial charge in [0.2, 0.25) is 0 Å². The zero-order valence-electron chi connectivity index (χ0n) is 17.4. The summed E-state index contributed by atoms with van der Waals surface area (Å²) in [5.74, 6) is 0.780. The van der Waals surface area contributed by atoms with E-state index in [-0.39, 0.29) is 5.04 Å². The molecule has 7 heteroatoms. The van der Waals surface area contributed by atoms with E-state index in [0.717, 1.165) is 11.3 Å². The van der Waals surface area contributed by atoms with Crippen LogP contribution in [0.1, 0.15) is 31.9 Å². The number of hydrogen-bond acceptors (Lipinski definition) is 4. The van der Waals surface area contributed by atoms with Gasteiger partial charge in [-0.15, -0.1) is 0 Å². The minimum atomic E-state index is -2.85. The van der Waals surface area contributed by atoms with Crippen molar-refractivity contribution < 1.29 is 8.95 Å². The molecule has 2 aromatic rings. The molecule has 0 saturated heterocycles. The summed E-state index contributed by atoms with van der Waals surface area (Å²) in [5.41, 5.74) is 1.53. The predicted octanol–water partition coefficient (Wildman–Crippen LogP) is 5.10. The third-order valence-corrected chi connectivity index (χ3v) is 13.1. The fraction of sp³-hybridized carbons (Fsp3) is 0.381. The Kier molecular flexibility index (Phi) is 6.70. The number of hydrogen-bond donors (Lipinski definition) is 1. The molecule has 0 saturated carbocycles. The first-order chi connectivity index (χ1) is 13.0.